The van der Waals surface area contributed by atoms with Crippen molar-refractivity contribution in [3.05, 3.63) is 11.4 Å². The number of hydrogen-bond donors (Lipinski definition) is 2. The normalized spacial score (nSPS) is 26.8. The zero-order valence-corrected chi connectivity index (χ0v) is 9.42. The van der Waals surface area contributed by atoms with E-state index < -0.39 is 0 Å². The van der Waals surface area contributed by atoms with Gasteiger partial charge in [0.25, 0.3) is 0 Å². The van der Waals surface area contributed by atoms with Crippen molar-refractivity contribution in [3.8, 4) is 0 Å². The SMILES string of the molecule is Cc1nc2c3c(n1)NC(=O)CC3(C)CCN2. The molecule has 1 unspecified atom stereocenters. The van der Waals surface area contributed by atoms with Crippen molar-refractivity contribution in [1.29, 1.82) is 0 Å². The molecule has 3 heterocycles. The first-order valence-corrected chi connectivity index (χ1v) is 5.51. The zero-order valence-electron chi connectivity index (χ0n) is 9.42. The first kappa shape index (κ1) is 9.57. The number of aryl methyl sites for hydroxylation is 1. The minimum atomic E-state index is -0.105. The van der Waals surface area contributed by atoms with E-state index in [9.17, 15) is 4.79 Å². The molecule has 0 bridgehead atoms. The molecule has 0 fully saturated rings. The van der Waals surface area contributed by atoms with Gasteiger partial charge in [0.15, 0.2) is 0 Å². The number of carbonyl (C=O) groups excluding carboxylic acids is 1. The summed E-state index contributed by atoms with van der Waals surface area (Å²) in [5.74, 6) is 2.32. The van der Waals surface area contributed by atoms with Gasteiger partial charge in [-0.05, 0) is 13.3 Å². The summed E-state index contributed by atoms with van der Waals surface area (Å²) in [5.41, 5.74) is 0.968. The Labute approximate surface area is 93.7 Å². The van der Waals surface area contributed by atoms with E-state index in [1.165, 1.54) is 0 Å². The third-order valence-electron chi connectivity index (χ3n) is 3.40. The van der Waals surface area contributed by atoms with Gasteiger partial charge in [-0.15, -0.1) is 0 Å². The summed E-state index contributed by atoms with van der Waals surface area (Å²) in [6, 6.07) is 0. The highest BCUT2D eigenvalue weighted by Crippen LogP contribution is 2.44. The summed E-state index contributed by atoms with van der Waals surface area (Å²) in [5, 5.41) is 6.11. The lowest BCUT2D eigenvalue weighted by molar-refractivity contribution is -0.117. The highest BCUT2D eigenvalue weighted by Gasteiger charge is 2.41. The Balaban J connectivity index is 2.27. The van der Waals surface area contributed by atoms with Gasteiger partial charge < -0.3 is 10.6 Å². The molecule has 5 nitrogen and oxygen atoms in total. The van der Waals surface area contributed by atoms with Gasteiger partial charge in [0, 0.05) is 23.9 Å². The molecule has 0 saturated heterocycles. The molecule has 0 aliphatic carbocycles. The van der Waals surface area contributed by atoms with Gasteiger partial charge in [0.2, 0.25) is 5.91 Å². The van der Waals surface area contributed by atoms with E-state index in [4.69, 9.17) is 0 Å². The van der Waals surface area contributed by atoms with E-state index in [2.05, 4.69) is 27.5 Å². The fourth-order valence-electron chi connectivity index (χ4n) is 2.65. The number of hydrogen-bond acceptors (Lipinski definition) is 4. The second kappa shape index (κ2) is 2.93. The van der Waals surface area contributed by atoms with Gasteiger partial charge in [-0.25, -0.2) is 9.97 Å². The quantitative estimate of drug-likeness (QED) is 0.686. The Bertz CT molecular complexity index is 485. The van der Waals surface area contributed by atoms with Crippen LogP contribution in [0, 0.1) is 6.92 Å². The minimum Gasteiger partial charge on any atom is -0.370 e. The first-order valence-electron chi connectivity index (χ1n) is 5.51. The molecule has 0 aromatic carbocycles. The van der Waals surface area contributed by atoms with E-state index in [-0.39, 0.29) is 11.3 Å². The number of nitrogens with one attached hydrogen (secondary N) is 2. The molecule has 2 aliphatic rings. The van der Waals surface area contributed by atoms with Crippen LogP contribution in [0.1, 0.15) is 31.2 Å². The molecule has 2 N–H and O–H groups in total. The maximum atomic E-state index is 11.7. The number of rotatable bonds is 0. The standard InChI is InChI=1S/C11H14N4O/c1-6-13-9-8-10(14-6)15-7(16)5-11(8,2)3-4-12-9/h3-5H2,1-2H3,(H2,12,13,14,15,16). The zero-order chi connectivity index (χ0) is 11.3. The van der Waals surface area contributed by atoms with Crippen LogP contribution in [0.5, 0.6) is 0 Å². The highest BCUT2D eigenvalue weighted by molar-refractivity contribution is 5.95. The van der Waals surface area contributed by atoms with Crippen LogP contribution in [0.3, 0.4) is 0 Å². The summed E-state index contributed by atoms with van der Waals surface area (Å²) in [6.45, 7) is 4.82. The third kappa shape index (κ3) is 1.20. The summed E-state index contributed by atoms with van der Waals surface area (Å²) < 4.78 is 0. The summed E-state index contributed by atoms with van der Waals surface area (Å²) in [4.78, 5) is 20.4. The molecule has 1 amide bonds. The van der Waals surface area contributed by atoms with Crippen molar-refractivity contribution < 1.29 is 4.79 Å². The van der Waals surface area contributed by atoms with Gasteiger partial charge in [-0.1, -0.05) is 6.92 Å². The molecule has 16 heavy (non-hydrogen) atoms. The van der Waals surface area contributed by atoms with Crippen LogP contribution in [0.4, 0.5) is 11.6 Å². The lowest BCUT2D eigenvalue weighted by Gasteiger charge is -2.39. The molecule has 84 valence electrons. The van der Waals surface area contributed by atoms with Crippen molar-refractivity contribution in [2.45, 2.75) is 32.1 Å². The molecule has 2 aliphatic heterocycles. The van der Waals surface area contributed by atoms with Crippen LogP contribution >= 0.6 is 0 Å². The first-order chi connectivity index (χ1) is 7.58. The summed E-state index contributed by atoms with van der Waals surface area (Å²) >= 11 is 0. The molecule has 3 rings (SSSR count). The molecule has 1 aromatic heterocycles. The highest BCUT2D eigenvalue weighted by atomic mass is 16.1. The number of carbonyl (C=O) groups is 1. The number of nitrogens with zero attached hydrogens (tertiary/aromatic N) is 2. The Kier molecular flexibility index (Phi) is 1.75. The molecule has 1 atom stereocenters. The smallest absolute Gasteiger partial charge is 0.226 e. The van der Waals surface area contributed by atoms with Crippen LogP contribution in [0.2, 0.25) is 0 Å². The van der Waals surface area contributed by atoms with Crippen molar-refractivity contribution in [2.24, 2.45) is 0 Å². The Morgan fingerprint density at radius 1 is 1.31 bits per heavy atom. The van der Waals surface area contributed by atoms with Crippen molar-refractivity contribution >= 4 is 17.5 Å². The maximum Gasteiger partial charge on any atom is 0.226 e. The lowest BCUT2D eigenvalue weighted by Crippen LogP contribution is -2.41. The molecular weight excluding hydrogens is 204 g/mol. The van der Waals surface area contributed by atoms with Crippen LogP contribution in [-0.2, 0) is 10.2 Å². The van der Waals surface area contributed by atoms with Crippen LogP contribution in [0.25, 0.3) is 0 Å². The molecule has 1 aromatic rings. The number of anilines is 2. The Morgan fingerprint density at radius 2 is 2.06 bits per heavy atom. The fourth-order valence-corrected chi connectivity index (χ4v) is 2.65. The van der Waals surface area contributed by atoms with Crippen molar-refractivity contribution in [3.63, 3.8) is 0 Å². The molecule has 0 saturated carbocycles. The second-order valence-electron chi connectivity index (χ2n) is 4.81. The van der Waals surface area contributed by atoms with E-state index in [0.29, 0.717) is 18.1 Å². The van der Waals surface area contributed by atoms with Crippen molar-refractivity contribution in [2.75, 3.05) is 17.2 Å². The van der Waals surface area contributed by atoms with Gasteiger partial charge in [-0.2, -0.15) is 0 Å². The molecule has 0 spiro atoms. The van der Waals surface area contributed by atoms with Gasteiger partial charge >= 0.3 is 0 Å². The minimum absolute atomic E-state index is 0.0564. The number of amides is 1. The lowest BCUT2D eigenvalue weighted by atomic mass is 9.73. The van der Waals surface area contributed by atoms with E-state index in [1.54, 1.807) is 0 Å². The fraction of sp³-hybridized carbons (Fsp3) is 0.545. The molecule has 0 radical (unpaired) electrons. The van der Waals surface area contributed by atoms with E-state index in [1.807, 2.05) is 6.92 Å². The summed E-state index contributed by atoms with van der Waals surface area (Å²) in [7, 11) is 0. The average Bonchev–Trinajstić information content (AvgIpc) is 2.14. The Morgan fingerprint density at radius 3 is 2.88 bits per heavy atom. The second-order valence-corrected chi connectivity index (χ2v) is 4.81. The van der Waals surface area contributed by atoms with Gasteiger partial charge in [0.1, 0.15) is 17.5 Å². The molecule has 5 heteroatoms. The Hall–Kier alpha value is -1.65. The predicted molar refractivity (Wildman–Crippen MR) is 60.5 cm³/mol. The summed E-state index contributed by atoms with van der Waals surface area (Å²) in [6.07, 6.45) is 1.48. The van der Waals surface area contributed by atoms with E-state index in [0.717, 1.165) is 24.3 Å². The predicted octanol–water partition coefficient (Wildman–Crippen LogP) is 1.20. The molecular formula is C11H14N4O. The largest absolute Gasteiger partial charge is 0.370 e. The van der Waals surface area contributed by atoms with E-state index >= 15 is 0 Å². The van der Waals surface area contributed by atoms with Crippen LogP contribution < -0.4 is 10.6 Å². The van der Waals surface area contributed by atoms with Crippen LogP contribution in [0.15, 0.2) is 0 Å². The maximum absolute atomic E-state index is 11.7. The van der Waals surface area contributed by atoms with Gasteiger partial charge in [-0.3, -0.25) is 4.79 Å². The monoisotopic (exact) mass is 218 g/mol. The van der Waals surface area contributed by atoms with Crippen LogP contribution in [-0.4, -0.2) is 22.4 Å². The average molecular weight is 218 g/mol. The topological polar surface area (TPSA) is 66.9 Å². The third-order valence-corrected chi connectivity index (χ3v) is 3.40. The van der Waals surface area contributed by atoms with Gasteiger partial charge in [0.05, 0.1) is 0 Å². The number of aromatic nitrogens is 2. The van der Waals surface area contributed by atoms with Crippen molar-refractivity contribution in [1.82, 2.24) is 9.97 Å².